The fraction of sp³-hybridized carbons (Fsp3) is 0.136. The van der Waals surface area contributed by atoms with Gasteiger partial charge in [-0.05, 0) is 0 Å². The summed E-state index contributed by atoms with van der Waals surface area (Å²) in [6.07, 6.45) is 0.174. The van der Waals surface area contributed by atoms with E-state index < -0.39 is 6.60 Å². The predicted octanol–water partition coefficient (Wildman–Crippen LogP) is 3.40. The van der Waals surface area contributed by atoms with Gasteiger partial charge in [0.15, 0.2) is 0 Å². The Morgan fingerprint density at radius 2 is 1.04 bits per heavy atom. The Bertz CT molecular complexity index is 746. The molecule has 0 saturated heterocycles. The van der Waals surface area contributed by atoms with Crippen molar-refractivity contribution >= 4 is 28.0 Å². The molecular formula is C22H23O2P. The zero-order valence-electron chi connectivity index (χ0n) is 14.4. The zero-order chi connectivity index (χ0) is 17.8. The molecule has 0 fully saturated rings. The van der Waals surface area contributed by atoms with E-state index in [2.05, 4.69) is 0 Å². The molecule has 128 valence electrons. The molecule has 0 bridgehead atoms. The van der Waals surface area contributed by atoms with Crippen LogP contribution in [0, 0.1) is 0 Å². The van der Waals surface area contributed by atoms with E-state index in [-0.39, 0.29) is 11.9 Å². The number of benzene rings is 3. The summed E-state index contributed by atoms with van der Waals surface area (Å²) in [5.41, 5.74) is 0.108. The molecule has 0 aromatic heterocycles. The maximum absolute atomic E-state index is 13.7. The second-order valence-corrected chi connectivity index (χ2v) is 11.1. The Morgan fingerprint density at radius 3 is 1.28 bits per heavy atom. The van der Waals surface area contributed by atoms with E-state index >= 15 is 0 Å². The summed E-state index contributed by atoms with van der Waals surface area (Å²) in [5, 5.41) is 13.7. The molecule has 0 aliphatic heterocycles. The summed E-state index contributed by atoms with van der Waals surface area (Å²) >= 11 is 0. The topological polar surface area (TPSA) is 37.3 Å². The predicted molar refractivity (Wildman–Crippen MR) is 108 cm³/mol. The molecule has 0 aliphatic carbocycles. The Hall–Kier alpha value is -2.28. The van der Waals surface area contributed by atoms with Crippen LogP contribution in [0.4, 0.5) is 0 Å². The Kier molecular flexibility index (Phi) is 4.85. The second kappa shape index (κ2) is 6.92. The third-order valence-electron chi connectivity index (χ3n) is 5.11. The van der Waals surface area contributed by atoms with Gasteiger partial charge in [-0.3, -0.25) is 0 Å². The van der Waals surface area contributed by atoms with E-state index in [1.165, 1.54) is 0 Å². The number of hydrogen-bond acceptors (Lipinski definition) is 2. The van der Waals surface area contributed by atoms with E-state index in [1.807, 2.05) is 97.9 Å². The minimum absolute atomic E-state index is 0.108. The van der Waals surface area contributed by atoms with Gasteiger partial charge in [0.05, 0.1) is 0 Å². The van der Waals surface area contributed by atoms with Crippen LogP contribution in [-0.4, -0.2) is 17.0 Å². The summed E-state index contributed by atoms with van der Waals surface area (Å²) in [7, 11) is 0. The van der Waals surface area contributed by atoms with Gasteiger partial charge in [-0.25, -0.2) is 0 Å². The van der Waals surface area contributed by atoms with Crippen molar-refractivity contribution in [2.75, 3.05) is 6.35 Å². The standard InChI is InChI=1S/C22H23O2P/c1-2-22(24)25(18-23,19-12-6-3-7-13-19,20-14-8-4-9-15-20)21-16-10-5-11-17-21/h3-17,23H,2,18H2,1H3. The van der Waals surface area contributed by atoms with Gasteiger partial charge >= 0.3 is 149 Å². The molecule has 3 heteroatoms. The molecule has 3 aromatic rings. The third kappa shape index (κ3) is 2.37. The quantitative estimate of drug-likeness (QED) is 0.692. The van der Waals surface area contributed by atoms with Gasteiger partial charge in [0.1, 0.15) is 0 Å². The van der Waals surface area contributed by atoms with Gasteiger partial charge in [0.2, 0.25) is 0 Å². The van der Waals surface area contributed by atoms with Crippen LogP contribution in [0.2, 0.25) is 0 Å². The normalized spacial score (nSPS) is 13.0. The summed E-state index contributed by atoms with van der Waals surface area (Å²) in [6.45, 7) is -1.76. The zero-order valence-corrected chi connectivity index (χ0v) is 15.3. The van der Waals surface area contributed by atoms with Crippen LogP contribution in [-0.2, 0) is 4.79 Å². The van der Waals surface area contributed by atoms with E-state index in [1.54, 1.807) is 0 Å². The number of aliphatic hydroxyl groups is 1. The third-order valence-corrected chi connectivity index (χ3v) is 11.4. The summed E-state index contributed by atoms with van der Waals surface area (Å²) in [6, 6.07) is 29.4. The Labute approximate surface area is 149 Å². The van der Waals surface area contributed by atoms with Gasteiger partial charge in [-0.2, -0.15) is 0 Å². The molecular weight excluding hydrogens is 327 g/mol. The number of rotatable bonds is 6. The summed E-state index contributed by atoms with van der Waals surface area (Å²) in [5.74, 6) is 0. The van der Waals surface area contributed by atoms with Gasteiger partial charge in [-0.1, -0.05) is 0 Å². The first-order valence-corrected chi connectivity index (χ1v) is 10.9. The van der Waals surface area contributed by atoms with Crippen molar-refractivity contribution in [3.63, 3.8) is 0 Å². The van der Waals surface area contributed by atoms with Gasteiger partial charge < -0.3 is 0 Å². The molecule has 0 aliphatic rings. The molecule has 3 rings (SSSR count). The maximum atomic E-state index is 13.7. The van der Waals surface area contributed by atoms with Crippen molar-refractivity contribution in [1.82, 2.24) is 0 Å². The summed E-state index contributed by atoms with van der Waals surface area (Å²) in [4.78, 5) is 13.7. The SMILES string of the molecule is CCC(=O)P(CO)(c1ccccc1)(c1ccccc1)c1ccccc1. The molecule has 0 saturated carbocycles. The van der Waals surface area contributed by atoms with Crippen molar-refractivity contribution in [3.8, 4) is 0 Å². The molecule has 0 amide bonds. The first-order valence-electron chi connectivity index (χ1n) is 8.52. The van der Waals surface area contributed by atoms with Crippen molar-refractivity contribution in [2.45, 2.75) is 13.3 Å². The molecule has 2 nitrogen and oxygen atoms in total. The van der Waals surface area contributed by atoms with E-state index in [0.717, 1.165) is 15.9 Å². The van der Waals surface area contributed by atoms with Crippen LogP contribution in [0.25, 0.3) is 0 Å². The van der Waals surface area contributed by atoms with Crippen molar-refractivity contribution in [3.05, 3.63) is 91.0 Å². The molecule has 0 radical (unpaired) electrons. The van der Waals surface area contributed by atoms with E-state index in [4.69, 9.17) is 0 Å². The average molecular weight is 350 g/mol. The summed E-state index contributed by atoms with van der Waals surface area (Å²) < 4.78 is 0. The van der Waals surface area contributed by atoms with E-state index in [0.29, 0.717) is 6.42 Å². The number of carbonyl (C=O) groups is 1. The fourth-order valence-electron chi connectivity index (χ4n) is 3.82. The molecule has 0 heterocycles. The first kappa shape index (κ1) is 17.5. The van der Waals surface area contributed by atoms with Crippen molar-refractivity contribution in [1.29, 1.82) is 0 Å². The molecule has 0 atom stereocenters. The Balaban J connectivity index is 2.56. The number of aliphatic hydroxyl groups excluding tert-OH is 1. The van der Waals surface area contributed by atoms with Gasteiger partial charge in [0, 0.05) is 0 Å². The van der Waals surface area contributed by atoms with Crippen LogP contribution in [0.1, 0.15) is 13.3 Å². The molecule has 0 unspecified atom stereocenters. The van der Waals surface area contributed by atoms with Crippen molar-refractivity contribution in [2.24, 2.45) is 0 Å². The monoisotopic (exact) mass is 350 g/mol. The number of carbonyl (C=O) groups excluding carboxylic acids is 1. The van der Waals surface area contributed by atoms with Crippen LogP contribution in [0.5, 0.6) is 0 Å². The average Bonchev–Trinajstić information content (AvgIpc) is 2.72. The number of hydrogen-bond donors (Lipinski definition) is 1. The van der Waals surface area contributed by atoms with E-state index in [9.17, 15) is 9.90 Å². The first-order chi connectivity index (χ1) is 12.2. The van der Waals surface area contributed by atoms with Crippen LogP contribution in [0.3, 0.4) is 0 Å². The molecule has 1 N–H and O–H groups in total. The van der Waals surface area contributed by atoms with Crippen LogP contribution < -0.4 is 15.9 Å². The van der Waals surface area contributed by atoms with Crippen LogP contribution >= 0.6 is 6.60 Å². The minimum atomic E-state index is -3.65. The molecule has 0 spiro atoms. The molecule has 25 heavy (non-hydrogen) atoms. The fourth-order valence-corrected chi connectivity index (χ4v) is 9.42. The second-order valence-electron chi connectivity index (χ2n) is 6.20. The van der Waals surface area contributed by atoms with Crippen molar-refractivity contribution < 1.29 is 9.90 Å². The van der Waals surface area contributed by atoms with Crippen LogP contribution in [0.15, 0.2) is 91.0 Å². The Morgan fingerprint density at radius 1 is 0.720 bits per heavy atom. The van der Waals surface area contributed by atoms with Gasteiger partial charge in [0.25, 0.3) is 0 Å². The van der Waals surface area contributed by atoms with Gasteiger partial charge in [-0.15, -0.1) is 0 Å². The molecule has 3 aromatic carbocycles.